The van der Waals surface area contributed by atoms with Crippen molar-refractivity contribution in [3.05, 3.63) is 35.0 Å². The number of ether oxygens (including phenoxy) is 1. The first kappa shape index (κ1) is 15.5. The van der Waals surface area contributed by atoms with Crippen LogP contribution in [0.5, 0.6) is 5.75 Å². The van der Waals surface area contributed by atoms with Crippen LogP contribution in [0.1, 0.15) is 50.8 Å². The summed E-state index contributed by atoms with van der Waals surface area (Å²) in [5, 5.41) is 0.986. The van der Waals surface area contributed by atoms with E-state index >= 15 is 0 Å². The molecule has 1 atom stereocenters. The first-order valence-electron chi connectivity index (χ1n) is 8.23. The van der Waals surface area contributed by atoms with Gasteiger partial charge < -0.3 is 4.74 Å². The average molecular weight is 318 g/mol. The highest BCUT2D eigenvalue weighted by molar-refractivity contribution is 7.20. The van der Waals surface area contributed by atoms with Crippen LogP contribution < -0.4 is 4.74 Å². The van der Waals surface area contributed by atoms with Crippen LogP contribution in [0.3, 0.4) is 0 Å². The van der Waals surface area contributed by atoms with Gasteiger partial charge in [-0.05, 0) is 60.8 Å². The minimum Gasteiger partial charge on any atom is -0.490 e. The molecule has 1 aromatic heterocycles. The summed E-state index contributed by atoms with van der Waals surface area (Å²) in [7, 11) is 0. The van der Waals surface area contributed by atoms with E-state index in [1.807, 2.05) is 6.07 Å². The Labute approximate surface area is 135 Å². The van der Waals surface area contributed by atoms with Crippen LogP contribution in [0, 0.1) is 11.7 Å². The lowest BCUT2D eigenvalue weighted by molar-refractivity contribution is 0.295. The van der Waals surface area contributed by atoms with Crippen molar-refractivity contribution in [3.63, 3.8) is 0 Å². The molecule has 22 heavy (non-hydrogen) atoms. The van der Waals surface area contributed by atoms with Crippen molar-refractivity contribution in [3.8, 4) is 5.75 Å². The van der Waals surface area contributed by atoms with Gasteiger partial charge in [-0.15, -0.1) is 11.3 Å². The fourth-order valence-electron chi connectivity index (χ4n) is 2.84. The molecular formula is C19H23FOS. The zero-order valence-corrected chi connectivity index (χ0v) is 14.1. The number of thiophene rings is 1. The van der Waals surface area contributed by atoms with Gasteiger partial charge in [0.25, 0.3) is 0 Å². The van der Waals surface area contributed by atoms with Gasteiger partial charge in [0.1, 0.15) is 0 Å². The van der Waals surface area contributed by atoms with Gasteiger partial charge in [0.05, 0.1) is 11.3 Å². The molecule has 1 heterocycles. The summed E-state index contributed by atoms with van der Waals surface area (Å²) < 4.78 is 20.9. The van der Waals surface area contributed by atoms with Crippen molar-refractivity contribution in [2.75, 3.05) is 6.61 Å². The van der Waals surface area contributed by atoms with Gasteiger partial charge in [0.2, 0.25) is 0 Å². The maximum absolute atomic E-state index is 14.6. The Bertz CT molecular complexity index is 686. The molecule has 0 fully saturated rings. The van der Waals surface area contributed by atoms with E-state index in [0.29, 0.717) is 12.4 Å². The molecule has 2 aromatic rings. The molecule has 3 heteroatoms. The average Bonchev–Trinajstić information content (AvgIpc) is 2.95. The zero-order valence-electron chi connectivity index (χ0n) is 13.3. The first-order valence-corrected chi connectivity index (χ1v) is 9.05. The predicted octanol–water partition coefficient (Wildman–Crippen LogP) is 6.42. The molecule has 1 nitrogen and oxygen atoms in total. The molecule has 118 valence electrons. The molecule has 0 aliphatic heterocycles. The zero-order chi connectivity index (χ0) is 15.5. The second-order valence-corrected chi connectivity index (χ2v) is 7.27. The van der Waals surface area contributed by atoms with Gasteiger partial charge in [-0.1, -0.05) is 26.3 Å². The van der Waals surface area contributed by atoms with Crippen molar-refractivity contribution in [2.24, 2.45) is 5.92 Å². The molecule has 1 aliphatic rings. The molecule has 3 rings (SSSR count). The van der Waals surface area contributed by atoms with Crippen molar-refractivity contribution in [1.29, 1.82) is 0 Å². The second-order valence-electron chi connectivity index (χ2n) is 6.22. The first-order chi connectivity index (χ1) is 10.7. The monoisotopic (exact) mass is 318 g/mol. The quantitative estimate of drug-likeness (QED) is 0.578. The van der Waals surface area contributed by atoms with Gasteiger partial charge >= 0.3 is 0 Å². The van der Waals surface area contributed by atoms with Crippen LogP contribution >= 0.6 is 11.3 Å². The second kappa shape index (κ2) is 6.82. The van der Waals surface area contributed by atoms with Gasteiger partial charge in [-0.25, -0.2) is 4.39 Å². The number of hydrogen-bond donors (Lipinski definition) is 0. The largest absolute Gasteiger partial charge is 0.490 e. The van der Waals surface area contributed by atoms with Crippen LogP contribution in [-0.4, -0.2) is 6.61 Å². The van der Waals surface area contributed by atoms with Crippen molar-refractivity contribution in [1.82, 2.24) is 0 Å². The maximum atomic E-state index is 14.6. The molecule has 0 bridgehead atoms. The van der Waals surface area contributed by atoms with Gasteiger partial charge in [-0.2, -0.15) is 0 Å². The lowest BCUT2D eigenvalue weighted by atomic mass is 9.90. The lowest BCUT2D eigenvalue weighted by Crippen LogP contribution is -1.99. The van der Waals surface area contributed by atoms with E-state index in [2.05, 4.69) is 26.0 Å². The van der Waals surface area contributed by atoms with Crippen molar-refractivity contribution >= 4 is 27.0 Å². The highest BCUT2D eigenvalue weighted by Crippen LogP contribution is 2.39. The normalized spacial score (nSPS) is 18.5. The predicted molar refractivity (Wildman–Crippen MR) is 93.2 cm³/mol. The smallest absolute Gasteiger partial charge is 0.182 e. The Kier molecular flexibility index (Phi) is 4.82. The van der Waals surface area contributed by atoms with Crippen molar-refractivity contribution < 1.29 is 9.13 Å². The third-order valence-corrected chi connectivity index (χ3v) is 5.55. The number of unbranched alkanes of at least 4 members (excludes halogenated alkanes) is 1. The molecule has 1 aliphatic carbocycles. The molecule has 0 saturated carbocycles. The van der Waals surface area contributed by atoms with E-state index in [-0.39, 0.29) is 5.82 Å². The van der Waals surface area contributed by atoms with E-state index in [9.17, 15) is 4.39 Å². The third kappa shape index (κ3) is 3.19. The summed E-state index contributed by atoms with van der Waals surface area (Å²) >= 11 is 1.56. The molecule has 0 amide bonds. The number of benzene rings is 1. The molecule has 0 N–H and O–H groups in total. The summed E-state index contributed by atoms with van der Waals surface area (Å²) in [6.45, 7) is 4.98. The maximum Gasteiger partial charge on any atom is 0.182 e. The molecule has 1 aromatic carbocycles. The SMILES string of the molecule is CCCCOc1ccc2cc(C3=CCC(C)CC3)sc2c1F. The molecule has 0 spiro atoms. The minimum atomic E-state index is -0.199. The third-order valence-electron chi connectivity index (χ3n) is 4.34. The van der Waals surface area contributed by atoms with Crippen LogP contribution in [0.15, 0.2) is 24.3 Å². The summed E-state index contributed by atoms with van der Waals surface area (Å²) in [6.07, 6.45) is 7.81. The number of rotatable bonds is 5. The molecule has 0 radical (unpaired) electrons. The Balaban J connectivity index is 1.88. The standard InChI is InChI=1S/C19H23FOS/c1-3-4-11-21-16-10-9-15-12-17(22-19(15)18(16)20)14-7-5-13(2)6-8-14/h7,9-10,12-13H,3-6,8,11H2,1-2H3. The van der Waals surface area contributed by atoms with E-state index in [4.69, 9.17) is 4.74 Å². The van der Waals surface area contributed by atoms with E-state index < -0.39 is 0 Å². The summed E-state index contributed by atoms with van der Waals surface area (Å²) in [6, 6.07) is 5.87. The van der Waals surface area contributed by atoms with Gasteiger partial charge in [0, 0.05) is 4.88 Å². The van der Waals surface area contributed by atoms with Crippen LogP contribution in [0.25, 0.3) is 15.7 Å². The highest BCUT2D eigenvalue weighted by atomic mass is 32.1. The molecular weight excluding hydrogens is 295 g/mol. The summed E-state index contributed by atoms with van der Waals surface area (Å²) in [5.41, 5.74) is 1.38. The summed E-state index contributed by atoms with van der Waals surface area (Å²) in [4.78, 5) is 1.21. The highest BCUT2D eigenvalue weighted by Gasteiger charge is 2.16. The Morgan fingerprint density at radius 2 is 2.23 bits per heavy atom. The topological polar surface area (TPSA) is 9.23 Å². The van der Waals surface area contributed by atoms with Crippen LogP contribution in [0.2, 0.25) is 0 Å². The van der Waals surface area contributed by atoms with E-state index in [0.717, 1.165) is 41.7 Å². The Morgan fingerprint density at radius 3 is 2.95 bits per heavy atom. The fourth-order valence-corrected chi connectivity index (χ4v) is 3.99. The minimum absolute atomic E-state index is 0.199. The number of halogens is 1. The van der Waals surface area contributed by atoms with Crippen LogP contribution in [-0.2, 0) is 0 Å². The number of fused-ring (bicyclic) bond motifs is 1. The van der Waals surface area contributed by atoms with Gasteiger partial charge in [0.15, 0.2) is 11.6 Å². The number of allylic oxidation sites excluding steroid dienone is 2. The number of hydrogen-bond acceptors (Lipinski definition) is 2. The van der Waals surface area contributed by atoms with Crippen molar-refractivity contribution in [2.45, 2.75) is 46.0 Å². The summed E-state index contributed by atoms with van der Waals surface area (Å²) in [5.74, 6) is 0.962. The Hall–Kier alpha value is -1.35. The molecule has 0 saturated heterocycles. The van der Waals surface area contributed by atoms with Crippen LogP contribution in [0.4, 0.5) is 4.39 Å². The lowest BCUT2D eigenvalue weighted by Gasteiger charge is -2.16. The molecule has 1 unspecified atom stereocenters. The van der Waals surface area contributed by atoms with Gasteiger partial charge in [-0.3, -0.25) is 0 Å². The Morgan fingerprint density at radius 1 is 1.36 bits per heavy atom. The van der Waals surface area contributed by atoms with E-state index in [1.165, 1.54) is 16.9 Å². The fraction of sp³-hybridized carbons (Fsp3) is 0.474. The van der Waals surface area contributed by atoms with E-state index in [1.54, 1.807) is 17.4 Å².